The molecule has 0 saturated heterocycles. The number of aromatic nitrogens is 1. The van der Waals surface area contributed by atoms with Crippen LogP contribution < -0.4 is 35.6 Å². The lowest BCUT2D eigenvalue weighted by Crippen LogP contribution is -2.40. The fraction of sp³-hybridized carbons (Fsp3) is 0.472. The molecule has 1 heterocycles. The van der Waals surface area contributed by atoms with Crippen LogP contribution in [0.5, 0.6) is 17.2 Å². The van der Waals surface area contributed by atoms with Gasteiger partial charge in [-0.25, -0.2) is 9.78 Å². The van der Waals surface area contributed by atoms with E-state index in [0.717, 1.165) is 16.0 Å². The molecule has 12 nitrogen and oxygen atoms in total. The number of hydrogen-bond donors (Lipinski definition) is 3. The molecule has 2 amide bonds. The van der Waals surface area contributed by atoms with E-state index in [1.807, 2.05) is 33.8 Å². The minimum absolute atomic E-state index is 0.182. The highest BCUT2D eigenvalue weighted by atomic mass is 32.1. The summed E-state index contributed by atoms with van der Waals surface area (Å²) in [6, 6.07) is 5.56. The molecule has 2 aromatic carbocycles. The monoisotopic (exact) mass is 694 g/mol. The van der Waals surface area contributed by atoms with Crippen molar-refractivity contribution in [2.24, 2.45) is 11.8 Å². The van der Waals surface area contributed by atoms with Gasteiger partial charge in [0.2, 0.25) is 23.0 Å². The number of carbonyl (C=O) groups is 3. The average molecular weight is 695 g/mol. The Morgan fingerprint density at radius 2 is 1.73 bits per heavy atom. The molecule has 0 spiro atoms. The normalized spacial score (nSPS) is 14.8. The van der Waals surface area contributed by atoms with Gasteiger partial charge in [-0.2, -0.15) is 0 Å². The number of esters is 1. The molecule has 0 unspecified atom stereocenters. The van der Waals surface area contributed by atoms with Crippen molar-refractivity contribution in [1.29, 1.82) is 0 Å². The molecule has 4 rings (SSSR count). The summed E-state index contributed by atoms with van der Waals surface area (Å²) in [6.07, 6.45) is 2.32. The minimum Gasteiger partial charge on any atom is -0.493 e. The number of nitrogens with one attached hydrogen (secondary N) is 3. The van der Waals surface area contributed by atoms with Gasteiger partial charge in [0.15, 0.2) is 22.3 Å². The van der Waals surface area contributed by atoms with Crippen LogP contribution in [0.15, 0.2) is 29.1 Å². The Morgan fingerprint density at radius 1 is 1.02 bits per heavy atom. The van der Waals surface area contributed by atoms with E-state index in [2.05, 4.69) is 20.9 Å². The summed E-state index contributed by atoms with van der Waals surface area (Å²) in [5, 5.41) is 9.36. The summed E-state index contributed by atoms with van der Waals surface area (Å²) in [7, 11) is 5.92. The molecule has 0 fully saturated rings. The quantitative estimate of drug-likeness (QED) is 0.188. The van der Waals surface area contributed by atoms with E-state index in [9.17, 15) is 19.2 Å². The zero-order valence-electron chi connectivity index (χ0n) is 29.6. The van der Waals surface area contributed by atoms with Gasteiger partial charge in [0.05, 0.1) is 40.2 Å². The number of hydrogen-bond acceptors (Lipinski definition) is 11. The van der Waals surface area contributed by atoms with E-state index in [1.165, 1.54) is 38.5 Å². The molecule has 3 N–H and O–H groups in total. The number of carbonyl (C=O) groups excluding carboxylic acids is 3. The van der Waals surface area contributed by atoms with Gasteiger partial charge in [-0.15, -0.1) is 11.3 Å². The molecule has 3 atom stereocenters. The Hall–Kier alpha value is -4.65. The molecule has 264 valence electrons. The maximum Gasteiger partial charge on any atom is 0.357 e. The summed E-state index contributed by atoms with van der Waals surface area (Å²) >= 11 is 1.23. The molecule has 1 aliphatic rings. The molecular formula is C36H46N4O8S. The number of benzene rings is 1. The molecule has 3 aromatic rings. The molecule has 0 radical (unpaired) electrons. The van der Waals surface area contributed by atoms with Crippen molar-refractivity contribution in [1.82, 2.24) is 10.3 Å². The number of ether oxygens (including phenoxy) is 4. The predicted molar refractivity (Wildman–Crippen MR) is 190 cm³/mol. The van der Waals surface area contributed by atoms with Crippen LogP contribution in [-0.4, -0.2) is 57.2 Å². The lowest BCUT2D eigenvalue weighted by molar-refractivity contribution is -0.120. The largest absolute Gasteiger partial charge is 0.493 e. The van der Waals surface area contributed by atoms with Crippen LogP contribution in [0.25, 0.3) is 11.1 Å². The van der Waals surface area contributed by atoms with E-state index in [-0.39, 0.29) is 39.7 Å². The van der Waals surface area contributed by atoms with Crippen LogP contribution in [0.2, 0.25) is 0 Å². The fourth-order valence-corrected chi connectivity index (χ4v) is 7.21. The van der Waals surface area contributed by atoms with Crippen molar-refractivity contribution in [2.45, 2.75) is 72.4 Å². The first kappa shape index (κ1) is 37.2. The Morgan fingerprint density at radius 3 is 2.33 bits per heavy atom. The standard InChI is InChI=1S/C36H46N4O8S/c1-10-19(4)30(34(43)40-36-39-31(35(44)48-9)28(49-36)15-18(2)3)38-25-14-12-22-23(17-26(25)42)24(37-20(5)41)13-11-21-16-27(45-6)32(46-7)33(47-8)29(21)22/h12,14,16-19,24,30H,10-11,13,15H2,1-9H3,(H,37,41)(H,38,42)(H,39,40,43)/t19-,24+,30-/m0/s1. The van der Waals surface area contributed by atoms with Crippen LogP contribution in [0.1, 0.15) is 80.0 Å². The Bertz CT molecular complexity index is 1770. The van der Waals surface area contributed by atoms with Crippen LogP contribution in [0.4, 0.5) is 10.8 Å². The summed E-state index contributed by atoms with van der Waals surface area (Å²) in [5.41, 5.74) is 2.94. The molecular weight excluding hydrogens is 648 g/mol. The molecule has 13 heteroatoms. The highest BCUT2D eigenvalue weighted by Crippen LogP contribution is 2.50. The highest BCUT2D eigenvalue weighted by molar-refractivity contribution is 7.16. The first-order valence-corrected chi connectivity index (χ1v) is 17.1. The predicted octanol–water partition coefficient (Wildman–Crippen LogP) is 5.77. The number of fused-ring (bicyclic) bond motifs is 3. The van der Waals surface area contributed by atoms with Crippen LogP contribution >= 0.6 is 11.3 Å². The number of anilines is 2. The first-order chi connectivity index (χ1) is 23.4. The second kappa shape index (κ2) is 16.2. The van der Waals surface area contributed by atoms with E-state index in [0.29, 0.717) is 54.1 Å². The molecule has 1 aliphatic carbocycles. The van der Waals surface area contributed by atoms with Crippen molar-refractivity contribution in [2.75, 3.05) is 39.1 Å². The maximum atomic E-state index is 14.0. The van der Waals surface area contributed by atoms with E-state index < -0.39 is 24.0 Å². The van der Waals surface area contributed by atoms with E-state index in [1.54, 1.807) is 26.4 Å². The van der Waals surface area contributed by atoms with Crippen LogP contribution in [0.3, 0.4) is 0 Å². The lowest BCUT2D eigenvalue weighted by Gasteiger charge is -2.23. The van der Waals surface area contributed by atoms with Crippen molar-refractivity contribution in [3.63, 3.8) is 0 Å². The van der Waals surface area contributed by atoms with Gasteiger partial charge < -0.3 is 34.9 Å². The maximum absolute atomic E-state index is 14.0. The van der Waals surface area contributed by atoms with Crippen molar-refractivity contribution >= 4 is 39.9 Å². The third-order valence-corrected chi connectivity index (χ3v) is 9.62. The Kier molecular flexibility index (Phi) is 12.3. The second-order valence-corrected chi connectivity index (χ2v) is 13.6. The van der Waals surface area contributed by atoms with Gasteiger partial charge in [0, 0.05) is 17.4 Å². The highest BCUT2D eigenvalue weighted by Gasteiger charge is 2.31. The van der Waals surface area contributed by atoms with Gasteiger partial charge in [0.1, 0.15) is 6.04 Å². The summed E-state index contributed by atoms with van der Waals surface area (Å²) in [6.45, 7) is 9.38. The third-order valence-electron chi connectivity index (χ3n) is 8.62. The smallest absolute Gasteiger partial charge is 0.357 e. The molecule has 0 saturated carbocycles. The zero-order chi connectivity index (χ0) is 36.0. The second-order valence-electron chi connectivity index (χ2n) is 12.5. The summed E-state index contributed by atoms with van der Waals surface area (Å²) in [5.74, 6) is 0.216. The summed E-state index contributed by atoms with van der Waals surface area (Å²) < 4.78 is 22.1. The van der Waals surface area contributed by atoms with E-state index in [4.69, 9.17) is 18.9 Å². The Labute approximate surface area is 290 Å². The first-order valence-electron chi connectivity index (χ1n) is 16.3. The zero-order valence-corrected chi connectivity index (χ0v) is 30.4. The molecule has 0 bridgehead atoms. The summed E-state index contributed by atoms with van der Waals surface area (Å²) in [4.78, 5) is 57.7. The number of thiazole rings is 1. The van der Waals surface area contributed by atoms with Crippen molar-refractivity contribution in [3.8, 4) is 28.4 Å². The minimum atomic E-state index is -0.823. The fourth-order valence-electron chi connectivity index (χ4n) is 6.05. The van der Waals surface area contributed by atoms with Gasteiger partial charge in [-0.3, -0.25) is 14.4 Å². The molecule has 0 aliphatic heterocycles. The number of nitrogens with zero attached hydrogens (tertiary/aromatic N) is 1. The van der Waals surface area contributed by atoms with Gasteiger partial charge in [-0.1, -0.05) is 40.2 Å². The number of methoxy groups -OCH3 is 4. The van der Waals surface area contributed by atoms with Crippen LogP contribution in [-0.2, 0) is 27.2 Å². The number of amides is 2. The van der Waals surface area contributed by atoms with Crippen molar-refractivity contribution < 1.29 is 33.3 Å². The number of aryl methyl sites for hydroxylation is 1. The topological polar surface area (TPSA) is 154 Å². The SMILES string of the molecule is CC[C@H](C)[C@H](Nc1ccc2c(cc1=O)[C@H](NC(C)=O)CCc1cc(OC)c(OC)c(OC)c1-2)C(=O)Nc1nc(C(=O)OC)c(CC(C)C)s1. The van der Waals surface area contributed by atoms with Crippen molar-refractivity contribution in [3.05, 3.63) is 56.2 Å². The number of rotatable bonds is 13. The lowest BCUT2D eigenvalue weighted by atomic mass is 9.95. The van der Waals surface area contributed by atoms with Gasteiger partial charge >= 0.3 is 5.97 Å². The average Bonchev–Trinajstić information content (AvgIpc) is 3.30. The van der Waals surface area contributed by atoms with Gasteiger partial charge in [-0.05, 0) is 66.0 Å². The molecule has 1 aromatic heterocycles. The van der Waals surface area contributed by atoms with Crippen LogP contribution in [0, 0.1) is 11.8 Å². The molecule has 49 heavy (non-hydrogen) atoms. The Balaban J connectivity index is 1.81. The van der Waals surface area contributed by atoms with E-state index >= 15 is 0 Å². The van der Waals surface area contributed by atoms with Gasteiger partial charge in [0.25, 0.3) is 0 Å². The third kappa shape index (κ3) is 8.15.